The standard InChI is InChI=1S/C13H14F3NO2/c1-9(18)10-6-11(13(14,15)16)8-12(7-10)17-2-4-19-5-3-17/h6-8H,2-5H2,1H3. The third kappa shape index (κ3) is 3.26. The Morgan fingerprint density at radius 1 is 1.21 bits per heavy atom. The van der Waals surface area contributed by atoms with Gasteiger partial charge in [0, 0.05) is 24.3 Å². The Morgan fingerprint density at radius 3 is 2.37 bits per heavy atom. The number of nitrogens with zero attached hydrogens (tertiary/aromatic N) is 1. The second kappa shape index (κ2) is 5.21. The molecule has 0 amide bonds. The van der Waals surface area contributed by atoms with E-state index in [1.54, 1.807) is 4.90 Å². The summed E-state index contributed by atoms with van der Waals surface area (Å²) in [7, 11) is 0. The Morgan fingerprint density at radius 2 is 1.84 bits per heavy atom. The van der Waals surface area contributed by atoms with E-state index in [0.29, 0.717) is 32.0 Å². The smallest absolute Gasteiger partial charge is 0.378 e. The fraction of sp³-hybridized carbons (Fsp3) is 0.462. The number of Topliss-reactive ketones (excluding diaryl/α,β-unsaturated/α-hetero) is 1. The fourth-order valence-electron chi connectivity index (χ4n) is 1.98. The van der Waals surface area contributed by atoms with Crippen LogP contribution in [0.1, 0.15) is 22.8 Å². The molecule has 0 atom stereocenters. The van der Waals surface area contributed by atoms with E-state index >= 15 is 0 Å². The highest BCUT2D eigenvalue weighted by Crippen LogP contribution is 2.33. The van der Waals surface area contributed by atoms with Gasteiger partial charge in [-0.15, -0.1) is 0 Å². The zero-order valence-corrected chi connectivity index (χ0v) is 10.5. The Hall–Kier alpha value is -1.56. The normalized spacial score (nSPS) is 16.5. The molecule has 0 bridgehead atoms. The van der Waals surface area contributed by atoms with E-state index in [2.05, 4.69) is 0 Å². The lowest BCUT2D eigenvalue weighted by atomic mass is 10.1. The van der Waals surface area contributed by atoms with Crippen LogP contribution < -0.4 is 4.90 Å². The molecular formula is C13H14F3NO2. The lowest BCUT2D eigenvalue weighted by Crippen LogP contribution is -2.36. The summed E-state index contributed by atoms with van der Waals surface area (Å²) in [4.78, 5) is 13.1. The average molecular weight is 273 g/mol. The van der Waals surface area contributed by atoms with Crippen molar-refractivity contribution in [1.82, 2.24) is 0 Å². The molecular weight excluding hydrogens is 259 g/mol. The van der Waals surface area contributed by atoms with Gasteiger partial charge < -0.3 is 9.64 Å². The topological polar surface area (TPSA) is 29.5 Å². The molecule has 0 N–H and O–H groups in total. The largest absolute Gasteiger partial charge is 0.416 e. The van der Waals surface area contributed by atoms with E-state index in [-0.39, 0.29) is 11.3 Å². The third-order valence-corrected chi connectivity index (χ3v) is 3.03. The van der Waals surface area contributed by atoms with E-state index in [1.807, 2.05) is 0 Å². The number of hydrogen-bond acceptors (Lipinski definition) is 3. The minimum Gasteiger partial charge on any atom is -0.378 e. The summed E-state index contributed by atoms with van der Waals surface area (Å²) in [5, 5.41) is 0. The molecule has 19 heavy (non-hydrogen) atoms. The number of alkyl halides is 3. The van der Waals surface area contributed by atoms with Crippen molar-refractivity contribution in [2.45, 2.75) is 13.1 Å². The number of ketones is 1. The van der Waals surface area contributed by atoms with Gasteiger partial charge in [-0.3, -0.25) is 4.79 Å². The predicted molar refractivity (Wildman–Crippen MR) is 64.5 cm³/mol. The predicted octanol–water partition coefficient (Wildman–Crippen LogP) is 2.74. The highest BCUT2D eigenvalue weighted by molar-refractivity contribution is 5.95. The molecule has 1 fully saturated rings. The van der Waals surface area contributed by atoms with Gasteiger partial charge in [0.2, 0.25) is 0 Å². The van der Waals surface area contributed by atoms with Crippen LogP contribution in [0.4, 0.5) is 18.9 Å². The van der Waals surface area contributed by atoms with E-state index in [1.165, 1.54) is 13.0 Å². The summed E-state index contributed by atoms with van der Waals surface area (Å²) < 4.78 is 43.6. The first-order valence-corrected chi connectivity index (χ1v) is 5.94. The maximum Gasteiger partial charge on any atom is 0.416 e. The van der Waals surface area contributed by atoms with Crippen LogP contribution in [0.25, 0.3) is 0 Å². The van der Waals surface area contributed by atoms with Crippen LogP contribution in [-0.4, -0.2) is 32.1 Å². The highest BCUT2D eigenvalue weighted by Gasteiger charge is 2.32. The maximum atomic E-state index is 12.8. The van der Waals surface area contributed by atoms with E-state index < -0.39 is 11.7 Å². The molecule has 0 spiro atoms. The average Bonchev–Trinajstić information content (AvgIpc) is 2.38. The first-order valence-electron chi connectivity index (χ1n) is 5.94. The fourth-order valence-corrected chi connectivity index (χ4v) is 1.98. The molecule has 1 aromatic carbocycles. The van der Waals surface area contributed by atoms with E-state index in [0.717, 1.165) is 12.1 Å². The van der Waals surface area contributed by atoms with E-state index in [4.69, 9.17) is 4.74 Å². The van der Waals surface area contributed by atoms with Crippen LogP contribution in [0.5, 0.6) is 0 Å². The zero-order chi connectivity index (χ0) is 14.0. The van der Waals surface area contributed by atoms with Crippen molar-refractivity contribution >= 4 is 11.5 Å². The number of carbonyl (C=O) groups is 1. The Labute approximate surface area is 109 Å². The lowest BCUT2D eigenvalue weighted by Gasteiger charge is -2.29. The van der Waals surface area contributed by atoms with Gasteiger partial charge in [-0.05, 0) is 25.1 Å². The number of benzene rings is 1. The minimum atomic E-state index is -4.45. The van der Waals surface area contributed by atoms with Gasteiger partial charge in [0.15, 0.2) is 5.78 Å². The molecule has 0 saturated carbocycles. The van der Waals surface area contributed by atoms with Crippen LogP contribution in [0, 0.1) is 0 Å². The van der Waals surface area contributed by atoms with Gasteiger partial charge in [0.05, 0.1) is 18.8 Å². The van der Waals surface area contributed by atoms with Crippen molar-refractivity contribution in [3.8, 4) is 0 Å². The van der Waals surface area contributed by atoms with Crippen LogP contribution >= 0.6 is 0 Å². The molecule has 0 aliphatic carbocycles. The molecule has 1 aliphatic rings. The molecule has 1 aliphatic heterocycles. The van der Waals surface area contributed by atoms with Crippen LogP contribution in [0.15, 0.2) is 18.2 Å². The second-order valence-electron chi connectivity index (χ2n) is 4.42. The number of carbonyl (C=O) groups excluding carboxylic acids is 1. The molecule has 0 aromatic heterocycles. The van der Waals surface area contributed by atoms with Crippen molar-refractivity contribution in [2.75, 3.05) is 31.2 Å². The number of hydrogen-bond donors (Lipinski definition) is 0. The van der Waals surface area contributed by atoms with Gasteiger partial charge in [-0.25, -0.2) is 0 Å². The lowest BCUT2D eigenvalue weighted by molar-refractivity contribution is -0.137. The quantitative estimate of drug-likeness (QED) is 0.776. The summed E-state index contributed by atoms with van der Waals surface area (Å²) in [5.74, 6) is -0.374. The van der Waals surface area contributed by atoms with Crippen molar-refractivity contribution in [2.24, 2.45) is 0 Å². The van der Waals surface area contributed by atoms with Gasteiger partial charge >= 0.3 is 6.18 Å². The second-order valence-corrected chi connectivity index (χ2v) is 4.42. The van der Waals surface area contributed by atoms with Crippen LogP contribution in [-0.2, 0) is 10.9 Å². The molecule has 2 rings (SSSR count). The Balaban J connectivity index is 2.41. The van der Waals surface area contributed by atoms with E-state index in [9.17, 15) is 18.0 Å². The number of rotatable bonds is 2. The molecule has 3 nitrogen and oxygen atoms in total. The van der Waals surface area contributed by atoms with Gasteiger partial charge in [-0.1, -0.05) is 0 Å². The summed E-state index contributed by atoms with van der Waals surface area (Å²) in [5.41, 5.74) is -0.290. The zero-order valence-electron chi connectivity index (χ0n) is 10.5. The SMILES string of the molecule is CC(=O)c1cc(N2CCOCC2)cc(C(F)(F)F)c1. The summed E-state index contributed by atoms with van der Waals surface area (Å²) in [6, 6.07) is 3.48. The summed E-state index contributed by atoms with van der Waals surface area (Å²) >= 11 is 0. The monoisotopic (exact) mass is 273 g/mol. The first kappa shape index (κ1) is 13.9. The number of halogens is 3. The van der Waals surface area contributed by atoms with Crippen molar-refractivity contribution in [3.63, 3.8) is 0 Å². The number of anilines is 1. The Bertz CT molecular complexity index is 479. The molecule has 1 saturated heterocycles. The first-order chi connectivity index (χ1) is 8.88. The summed E-state index contributed by atoms with van der Waals surface area (Å²) in [6.07, 6.45) is -4.45. The molecule has 0 radical (unpaired) electrons. The van der Waals surface area contributed by atoms with Gasteiger partial charge in [-0.2, -0.15) is 13.2 Å². The molecule has 1 heterocycles. The minimum absolute atomic E-state index is 0.0799. The molecule has 6 heteroatoms. The van der Waals surface area contributed by atoms with Gasteiger partial charge in [0.25, 0.3) is 0 Å². The van der Waals surface area contributed by atoms with Gasteiger partial charge in [0.1, 0.15) is 0 Å². The van der Waals surface area contributed by atoms with Crippen molar-refractivity contribution in [3.05, 3.63) is 29.3 Å². The number of morpholine rings is 1. The number of ether oxygens (including phenoxy) is 1. The van der Waals surface area contributed by atoms with Crippen molar-refractivity contribution < 1.29 is 22.7 Å². The molecule has 1 aromatic rings. The van der Waals surface area contributed by atoms with Crippen LogP contribution in [0.2, 0.25) is 0 Å². The highest BCUT2D eigenvalue weighted by atomic mass is 19.4. The van der Waals surface area contributed by atoms with Crippen LogP contribution in [0.3, 0.4) is 0 Å². The van der Waals surface area contributed by atoms with Crippen molar-refractivity contribution in [1.29, 1.82) is 0 Å². The third-order valence-electron chi connectivity index (χ3n) is 3.03. The molecule has 104 valence electrons. The molecule has 0 unspecified atom stereocenters. The Kier molecular flexibility index (Phi) is 3.80. The maximum absolute atomic E-state index is 12.8. The summed E-state index contributed by atoms with van der Waals surface area (Å²) in [6.45, 7) is 3.27.